The van der Waals surface area contributed by atoms with Crippen molar-refractivity contribution in [2.24, 2.45) is 0 Å². The minimum atomic E-state index is -0.252. The van der Waals surface area contributed by atoms with Crippen LogP contribution in [0.15, 0.2) is 54.6 Å². The van der Waals surface area contributed by atoms with Gasteiger partial charge in [0.2, 0.25) is 0 Å². The Labute approximate surface area is 158 Å². The second kappa shape index (κ2) is 8.33. The van der Waals surface area contributed by atoms with E-state index in [0.717, 1.165) is 40.9 Å². The molecule has 0 atom stereocenters. The van der Waals surface area contributed by atoms with Crippen LogP contribution in [0.1, 0.15) is 27.9 Å². The van der Waals surface area contributed by atoms with Crippen LogP contribution in [0.2, 0.25) is 0 Å². The molecule has 0 aliphatic rings. The number of nitriles is 1. The number of pyridine rings is 1. The average molecular weight is 360 g/mol. The summed E-state index contributed by atoms with van der Waals surface area (Å²) in [4.78, 5) is 4.36. The van der Waals surface area contributed by atoms with Crippen molar-refractivity contribution < 1.29 is 4.39 Å². The molecule has 0 amide bonds. The summed E-state index contributed by atoms with van der Waals surface area (Å²) in [5, 5.41) is 12.6. The summed E-state index contributed by atoms with van der Waals surface area (Å²) < 4.78 is 13.0. The molecule has 0 aliphatic heterocycles. The molecule has 1 heterocycles. The Hall–Kier alpha value is -3.39. The molecule has 0 unspecified atom stereocenters. The van der Waals surface area contributed by atoms with E-state index in [0.29, 0.717) is 17.9 Å². The first-order chi connectivity index (χ1) is 13.0. The number of nitrogens with zero attached hydrogens (tertiary/aromatic N) is 2. The lowest BCUT2D eigenvalue weighted by molar-refractivity contribution is 0.627. The minimum Gasteiger partial charge on any atom is -0.384 e. The molecule has 0 fully saturated rings. The highest BCUT2D eigenvalue weighted by Gasteiger charge is 2.04. The minimum absolute atomic E-state index is 0.252. The summed E-state index contributed by atoms with van der Waals surface area (Å²) in [6, 6.07) is 18.2. The van der Waals surface area contributed by atoms with E-state index < -0.39 is 0 Å². The van der Waals surface area contributed by atoms with Crippen LogP contribution in [-0.4, -0.2) is 4.98 Å². The molecule has 0 bridgehead atoms. The van der Waals surface area contributed by atoms with Crippen molar-refractivity contribution in [1.29, 1.82) is 5.26 Å². The summed E-state index contributed by atoms with van der Waals surface area (Å²) in [5.74, 6) is 0.273. The van der Waals surface area contributed by atoms with E-state index in [1.165, 1.54) is 12.1 Å². The summed E-state index contributed by atoms with van der Waals surface area (Å²) in [6.07, 6.45) is 1.51. The fourth-order valence-electron chi connectivity index (χ4n) is 2.98. The SMILES string of the molecule is Cc1cc(N)nc(CCc2cc(C#N)cc(NCc3ccc(F)cc3)c2)c1. The smallest absolute Gasteiger partial charge is 0.123 e. The molecule has 4 nitrogen and oxygen atoms in total. The monoisotopic (exact) mass is 360 g/mol. The van der Waals surface area contributed by atoms with Crippen LogP contribution in [0.4, 0.5) is 15.9 Å². The van der Waals surface area contributed by atoms with Gasteiger partial charge in [-0.1, -0.05) is 12.1 Å². The van der Waals surface area contributed by atoms with Gasteiger partial charge < -0.3 is 11.1 Å². The van der Waals surface area contributed by atoms with Gasteiger partial charge in [-0.3, -0.25) is 0 Å². The molecule has 0 spiro atoms. The van der Waals surface area contributed by atoms with Gasteiger partial charge in [0.25, 0.3) is 0 Å². The Bertz CT molecular complexity index is 954. The average Bonchev–Trinajstić information content (AvgIpc) is 2.65. The van der Waals surface area contributed by atoms with E-state index in [-0.39, 0.29) is 5.82 Å². The quantitative estimate of drug-likeness (QED) is 0.684. The Morgan fingerprint density at radius 2 is 1.81 bits per heavy atom. The molecule has 0 saturated carbocycles. The van der Waals surface area contributed by atoms with Crippen molar-refractivity contribution in [3.8, 4) is 6.07 Å². The highest BCUT2D eigenvalue weighted by atomic mass is 19.1. The Balaban J connectivity index is 1.71. The zero-order chi connectivity index (χ0) is 19.2. The third kappa shape index (κ3) is 5.29. The van der Waals surface area contributed by atoms with E-state index in [4.69, 9.17) is 5.73 Å². The van der Waals surface area contributed by atoms with Crippen molar-refractivity contribution in [2.75, 3.05) is 11.1 Å². The lowest BCUT2D eigenvalue weighted by atomic mass is 10.0. The maximum Gasteiger partial charge on any atom is 0.123 e. The Kier molecular flexibility index (Phi) is 5.68. The van der Waals surface area contributed by atoms with E-state index in [2.05, 4.69) is 16.4 Å². The van der Waals surface area contributed by atoms with Crippen molar-refractivity contribution in [3.63, 3.8) is 0 Å². The van der Waals surface area contributed by atoms with E-state index >= 15 is 0 Å². The van der Waals surface area contributed by atoms with Gasteiger partial charge in [-0.15, -0.1) is 0 Å². The van der Waals surface area contributed by atoms with Crippen LogP contribution in [0.3, 0.4) is 0 Å². The van der Waals surface area contributed by atoms with Crippen LogP contribution >= 0.6 is 0 Å². The topological polar surface area (TPSA) is 74.7 Å². The van der Waals surface area contributed by atoms with Crippen molar-refractivity contribution in [2.45, 2.75) is 26.3 Å². The lowest BCUT2D eigenvalue weighted by Gasteiger charge is -2.10. The number of benzene rings is 2. The normalized spacial score (nSPS) is 10.4. The van der Waals surface area contributed by atoms with E-state index in [1.54, 1.807) is 12.1 Å². The van der Waals surface area contributed by atoms with Gasteiger partial charge in [-0.25, -0.2) is 9.37 Å². The number of hydrogen-bond donors (Lipinski definition) is 2. The van der Waals surface area contributed by atoms with Crippen LogP contribution in [0.5, 0.6) is 0 Å². The van der Waals surface area contributed by atoms with Crippen LogP contribution < -0.4 is 11.1 Å². The first-order valence-electron chi connectivity index (χ1n) is 8.77. The maximum atomic E-state index is 13.0. The molecule has 5 heteroatoms. The van der Waals surface area contributed by atoms with Gasteiger partial charge in [0.1, 0.15) is 11.6 Å². The first-order valence-corrected chi connectivity index (χ1v) is 8.77. The van der Waals surface area contributed by atoms with E-state index in [1.807, 2.05) is 37.3 Å². The number of nitrogen functional groups attached to an aromatic ring is 1. The van der Waals surface area contributed by atoms with Crippen molar-refractivity contribution >= 4 is 11.5 Å². The molecule has 3 rings (SSSR count). The molecular formula is C22H21FN4. The standard InChI is InChI=1S/C22H21FN4/c1-15-8-20(27-22(25)9-15)7-4-17-10-18(13-24)12-21(11-17)26-14-16-2-5-19(23)6-3-16/h2-3,5-6,8-12,26H,4,7,14H2,1H3,(H2,25,27). The van der Waals surface area contributed by atoms with Crippen LogP contribution in [0.25, 0.3) is 0 Å². The molecule has 0 radical (unpaired) electrons. The molecule has 0 saturated heterocycles. The molecule has 0 aliphatic carbocycles. The Morgan fingerprint density at radius 1 is 1.04 bits per heavy atom. The third-order valence-corrected chi connectivity index (χ3v) is 4.24. The van der Waals surface area contributed by atoms with Gasteiger partial charge in [-0.05, 0) is 78.9 Å². The molecule has 2 aromatic carbocycles. The summed E-state index contributed by atoms with van der Waals surface area (Å²) in [6.45, 7) is 2.56. The number of aryl methyl sites for hydroxylation is 3. The van der Waals surface area contributed by atoms with Gasteiger partial charge in [0, 0.05) is 17.9 Å². The van der Waals surface area contributed by atoms with E-state index in [9.17, 15) is 9.65 Å². The second-order valence-corrected chi connectivity index (χ2v) is 6.57. The Morgan fingerprint density at radius 3 is 2.52 bits per heavy atom. The number of anilines is 2. The zero-order valence-corrected chi connectivity index (χ0v) is 15.2. The number of rotatable bonds is 6. The molecule has 136 valence electrons. The molecule has 27 heavy (non-hydrogen) atoms. The molecule has 3 aromatic rings. The van der Waals surface area contributed by atoms with Gasteiger partial charge >= 0.3 is 0 Å². The number of aromatic nitrogens is 1. The van der Waals surface area contributed by atoms with Gasteiger partial charge in [0.15, 0.2) is 0 Å². The largest absolute Gasteiger partial charge is 0.384 e. The van der Waals surface area contributed by atoms with Crippen LogP contribution in [-0.2, 0) is 19.4 Å². The number of halogens is 1. The second-order valence-electron chi connectivity index (χ2n) is 6.57. The summed E-state index contributed by atoms with van der Waals surface area (Å²) >= 11 is 0. The highest BCUT2D eigenvalue weighted by Crippen LogP contribution is 2.18. The summed E-state index contributed by atoms with van der Waals surface area (Å²) in [7, 11) is 0. The summed E-state index contributed by atoms with van der Waals surface area (Å²) in [5.41, 5.74) is 11.3. The lowest BCUT2D eigenvalue weighted by Crippen LogP contribution is -2.02. The number of hydrogen-bond acceptors (Lipinski definition) is 4. The maximum absolute atomic E-state index is 13.0. The highest BCUT2D eigenvalue weighted by molar-refractivity contribution is 5.52. The first kappa shape index (κ1) is 18.4. The van der Waals surface area contributed by atoms with Crippen molar-refractivity contribution in [1.82, 2.24) is 4.98 Å². The fourth-order valence-corrected chi connectivity index (χ4v) is 2.98. The fraction of sp³-hybridized carbons (Fsp3) is 0.182. The molecule has 3 N–H and O–H groups in total. The zero-order valence-electron chi connectivity index (χ0n) is 15.2. The predicted octanol–water partition coefficient (Wildman–Crippen LogP) is 4.38. The van der Waals surface area contributed by atoms with Crippen LogP contribution in [0, 0.1) is 24.1 Å². The molecule has 1 aromatic heterocycles. The number of nitrogens with one attached hydrogen (secondary N) is 1. The molecular weight excluding hydrogens is 339 g/mol. The predicted molar refractivity (Wildman–Crippen MR) is 106 cm³/mol. The third-order valence-electron chi connectivity index (χ3n) is 4.24. The van der Waals surface area contributed by atoms with Gasteiger partial charge in [0.05, 0.1) is 11.6 Å². The van der Waals surface area contributed by atoms with Crippen molar-refractivity contribution in [3.05, 3.63) is 88.4 Å². The number of nitrogens with two attached hydrogens (primary N) is 1. The van der Waals surface area contributed by atoms with Gasteiger partial charge in [-0.2, -0.15) is 5.26 Å².